The molecule has 0 atom stereocenters. The third kappa shape index (κ3) is 3.02. The number of likely N-dealkylation sites (N-methyl/N-ethyl adjacent to an activating group) is 1. The van der Waals surface area contributed by atoms with Crippen molar-refractivity contribution < 1.29 is 9.53 Å². The molecule has 5 nitrogen and oxygen atoms in total. The van der Waals surface area contributed by atoms with Crippen molar-refractivity contribution in [3.63, 3.8) is 0 Å². The summed E-state index contributed by atoms with van der Waals surface area (Å²) in [5.41, 5.74) is -0.282. The number of hydrogen-bond donors (Lipinski definition) is 1. The second-order valence-corrected chi connectivity index (χ2v) is 5.60. The summed E-state index contributed by atoms with van der Waals surface area (Å²) in [5.74, 6) is -0.0251. The van der Waals surface area contributed by atoms with Crippen LogP contribution in [-0.2, 0) is 9.53 Å². The highest BCUT2D eigenvalue weighted by atomic mass is 16.5. The van der Waals surface area contributed by atoms with E-state index < -0.39 is 0 Å². The number of piperidine rings is 1. The zero-order valence-corrected chi connectivity index (χ0v) is 11.6. The highest BCUT2D eigenvalue weighted by molar-refractivity contribution is 5.77. The number of nitrogens with one attached hydrogen (secondary N) is 1. The van der Waals surface area contributed by atoms with Crippen molar-refractivity contribution >= 4 is 5.97 Å². The van der Waals surface area contributed by atoms with E-state index >= 15 is 0 Å². The van der Waals surface area contributed by atoms with Crippen molar-refractivity contribution in [1.29, 1.82) is 0 Å². The second-order valence-electron chi connectivity index (χ2n) is 5.60. The summed E-state index contributed by atoms with van der Waals surface area (Å²) in [6.07, 6.45) is 1.79. The van der Waals surface area contributed by atoms with E-state index in [0.29, 0.717) is 0 Å². The average Bonchev–Trinajstić information content (AvgIpc) is 2.41. The number of hydrogen-bond acceptors (Lipinski definition) is 5. The molecule has 1 N–H and O–H groups in total. The maximum Gasteiger partial charge on any atom is 0.313 e. The van der Waals surface area contributed by atoms with Gasteiger partial charge in [0, 0.05) is 32.7 Å². The van der Waals surface area contributed by atoms with Gasteiger partial charge in [0.1, 0.15) is 0 Å². The maximum absolute atomic E-state index is 12.1. The normalized spacial score (nSPS) is 25.9. The Hall–Kier alpha value is -0.650. The van der Waals surface area contributed by atoms with Crippen LogP contribution in [0.3, 0.4) is 0 Å². The molecule has 2 saturated heterocycles. The lowest BCUT2D eigenvalue weighted by Gasteiger charge is -2.41. The Labute approximate surface area is 109 Å². The molecule has 2 heterocycles. The van der Waals surface area contributed by atoms with E-state index in [2.05, 4.69) is 22.2 Å². The van der Waals surface area contributed by atoms with Gasteiger partial charge in [0.05, 0.1) is 12.5 Å². The Morgan fingerprint density at radius 1 is 1.22 bits per heavy atom. The molecule has 0 aliphatic carbocycles. The summed E-state index contributed by atoms with van der Waals surface area (Å²) in [5, 5.41) is 3.33. The molecule has 0 aromatic rings. The van der Waals surface area contributed by atoms with E-state index in [4.69, 9.17) is 4.74 Å². The minimum Gasteiger partial charge on any atom is -0.469 e. The molecule has 0 saturated carbocycles. The lowest BCUT2D eigenvalue weighted by molar-refractivity contribution is -0.156. The van der Waals surface area contributed by atoms with Crippen LogP contribution < -0.4 is 5.32 Å². The first-order valence-electron chi connectivity index (χ1n) is 6.86. The molecular formula is C13H25N3O2. The number of esters is 1. The molecule has 2 rings (SSSR count). The zero-order valence-electron chi connectivity index (χ0n) is 11.6. The van der Waals surface area contributed by atoms with Gasteiger partial charge in [0.15, 0.2) is 0 Å². The Morgan fingerprint density at radius 2 is 1.83 bits per heavy atom. The fraction of sp³-hybridized carbons (Fsp3) is 0.923. The van der Waals surface area contributed by atoms with Crippen LogP contribution in [0.5, 0.6) is 0 Å². The Bertz CT molecular complexity index is 282. The molecule has 5 heteroatoms. The van der Waals surface area contributed by atoms with E-state index in [1.807, 2.05) is 0 Å². The van der Waals surface area contributed by atoms with Crippen molar-refractivity contribution in [2.45, 2.75) is 12.8 Å². The van der Waals surface area contributed by atoms with Gasteiger partial charge in [-0.05, 0) is 33.0 Å². The molecular weight excluding hydrogens is 230 g/mol. The summed E-state index contributed by atoms with van der Waals surface area (Å²) in [7, 11) is 3.66. The lowest BCUT2D eigenvalue weighted by Crippen LogP contribution is -2.53. The van der Waals surface area contributed by atoms with Crippen molar-refractivity contribution in [1.82, 2.24) is 15.1 Å². The van der Waals surface area contributed by atoms with Crippen LogP contribution >= 0.6 is 0 Å². The molecule has 0 aromatic carbocycles. The number of carbonyl (C=O) groups excluding carboxylic acids is 1. The SMILES string of the molecule is COC(=O)C1(CN2CCN(C)CC2)CCNCC1. The second kappa shape index (κ2) is 5.99. The summed E-state index contributed by atoms with van der Waals surface area (Å²) in [6, 6.07) is 0. The predicted molar refractivity (Wildman–Crippen MR) is 70.5 cm³/mol. The fourth-order valence-corrected chi connectivity index (χ4v) is 2.98. The average molecular weight is 255 g/mol. The van der Waals surface area contributed by atoms with Crippen LogP contribution in [0, 0.1) is 5.41 Å². The number of nitrogens with zero attached hydrogens (tertiary/aromatic N) is 2. The van der Waals surface area contributed by atoms with Crippen LogP contribution in [0.1, 0.15) is 12.8 Å². The number of rotatable bonds is 3. The standard InChI is InChI=1S/C13H25N3O2/c1-15-7-9-16(10-8-15)11-13(12(17)18-2)3-5-14-6-4-13/h14H,3-11H2,1-2H3. The molecule has 2 aliphatic rings. The van der Waals surface area contributed by atoms with Gasteiger partial charge in [0.25, 0.3) is 0 Å². The van der Waals surface area contributed by atoms with Crippen LogP contribution in [0.15, 0.2) is 0 Å². The first-order valence-corrected chi connectivity index (χ1v) is 6.86. The first kappa shape index (κ1) is 13.8. The van der Waals surface area contributed by atoms with Crippen molar-refractivity contribution in [2.24, 2.45) is 5.41 Å². The van der Waals surface area contributed by atoms with Crippen LogP contribution in [0.2, 0.25) is 0 Å². The van der Waals surface area contributed by atoms with Gasteiger partial charge in [-0.3, -0.25) is 9.69 Å². The van der Waals surface area contributed by atoms with Crippen LogP contribution in [0.4, 0.5) is 0 Å². The molecule has 0 unspecified atom stereocenters. The minimum atomic E-state index is -0.282. The molecule has 104 valence electrons. The van der Waals surface area contributed by atoms with Crippen molar-refractivity contribution in [2.75, 3.05) is 60.0 Å². The lowest BCUT2D eigenvalue weighted by atomic mass is 9.78. The summed E-state index contributed by atoms with van der Waals surface area (Å²) in [6.45, 7) is 7.00. The quantitative estimate of drug-likeness (QED) is 0.706. The molecule has 2 aliphatic heterocycles. The highest BCUT2D eigenvalue weighted by Gasteiger charge is 2.42. The Morgan fingerprint density at radius 3 is 2.39 bits per heavy atom. The van der Waals surface area contributed by atoms with Crippen LogP contribution in [-0.4, -0.2) is 75.7 Å². The van der Waals surface area contributed by atoms with E-state index in [9.17, 15) is 4.79 Å². The van der Waals surface area contributed by atoms with E-state index in [1.54, 1.807) is 0 Å². The smallest absolute Gasteiger partial charge is 0.313 e. The van der Waals surface area contributed by atoms with Gasteiger partial charge in [-0.1, -0.05) is 0 Å². The fourth-order valence-electron chi connectivity index (χ4n) is 2.98. The van der Waals surface area contributed by atoms with Crippen LogP contribution in [0.25, 0.3) is 0 Å². The number of ether oxygens (including phenoxy) is 1. The number of methoxy groups -OCH3 is 1. The molecule has 0 bridgehead atoms. The molecule has 0 spiro atoms. The van der Waals surface area contributed by atoms with Gasteiger partial charge in [0.2, 0.25) is 0 Å². The third-order valence-electron chi connectivity index (χ3n) is 4.30. The van der Waals surface area contributed by atoms with Gasteiger partial charge in [-0.2, -0.15) is 0 Å². The summed E-state index contributed by atoms with van der Waals surface area (Å²) >= 11 is 0. The van der Waals surface area contributed by atoms with Gasteiger partial charge in [-0.25, -0.2) is 0 Å². The number of carbonyl (C=O) groups is 1. The Kier molecular flexibility index (Phi) is 4.59. The monoisotopic (exact) mass is 255 g/mol. The zero-order chi connectivity index (χ0) is 13.0. The minimum absolute atomic E-state index is 0.0251. The molecule has 18 heavy (non-hydrogen) atoms. The summed E-state index contributed by atoms with van der Waals surface area (Å²) in [4.78, 5) is 16.9. The van der Waals surface area contributed by atoms with Gasteiger partial charge >= 0.3 is 5.97 Å². The molecule has 0 radical (unpaired) electrons. The van der Waals surface area contributed by atoms with E-state index in [0.717, 1.165) is 58.7 Å². The highest BCUT2D eigenvalue weighted by Crippen LogP contribution is 2.31. The molecule has 0 amide bonds. The molecule has 2 fully saturated rings. The summed E-state index contributed by atoms with van der Waals surface area (Å²) < 4.78 is 5.05. The van der Waals surface area contributed by atoms with Crippen molar-refractivity contribution in [3.05, 3.63) is 0 Å². The first-order chi connectivity index (χ1) is 8.66. The van der Waals surface area contributed by atoms with Gasteiger partial charge < -0.3 is 15.0 Å². The number of piperazine rings is 1. The maximum atomic E-state index is 12.1. The predicted octanol–water partition coefficient (Wildman–Crippen LogP) is -0.223. The van der Waals surface area contributed by atoms with E-state index in [-0.39, 0.29) is 11.4 Å². The van der Waals surface area contributed by atoms with E-state index in [1.165, 1.54) is 7.11 Å². The van der Waals surface area contributed by atoms with Crippen molar-refractivity contribution in [3.8, 4) is 0 Å². The third-order valence-corrected chi connectivity index (χ3v) is 4.30. The van der Waals surface area contributed by atoms with Gasteiger partial charge in [-0.15, -0.1) is 0 Å². The largest absolute Gasteiger partial charge is 0.469 e. The molecule has 0 aromatic heterocycles. The topological polar surface area (TPSA) is 44.8 Å². The Balaban J connectivity index is 1.98.